The summed E-state index contributed by atoms with van der Waals surface area (Å²) in [6.45, 7) is 11.6. The van der Waals surface area contributed by atoms with Crippen LogP contribution in [0.4, 0.5) is 16.2 Å². The van der Waals surface area contributed by atoms with Crippen LogP contribution in [0.1, 0.15) is 44.7 Å². The normalized spacial score (nSPS) is 11.6. The van der Waals surface area contributed by atoms with Crippen molar-refractivity contribution in [2.75, 3.05) is 17.7 Å². The highest BCUT2D eigenvalue weighted by Gasteiger charge is 2.37. The van der Waals surface area contributed by atoms with Crippen LogP contribution in [-0.2, 0) is 22.2 Å². The van der Waals surface area contributed by atoms with Crippen molar-refractivity contribution in [2.24, 2.45) is 0 Å². The third kappa shape index (κ3) is 8.43. The number of hydrogen-bond acceptors (Lipinski definition) is 4. The topological polar surface area (TPSA) is 96.9 Å². The summed E-state index contributed by atoms with van der Waals surface area (Å²) in [7, 11) is -0.285. The van der Waals surface area contributed by atoms with E-state index in [1.807, 2.05) is 66.7 Å². The summed E-state index contributed by atoms with van der Waals surface area (Å²) in [6, 6.07) is 21.1. The first-order valence-electron chi connectivity index (χ1n) is 13.2. The Bertz CT molecular complexity index is 1290. The van der Waals surface area contributed by atoms with Crippen LogP contribution in [0.25, 0.3) is 11.1 Å². The van der Waals surface area contributed by atoms with E-state index in [2.05, 4.69) is 44.5 Å². The van der Waals surface area contributed by atoms with Gasteiger partial charge in [0, 0.05) is 12.0 Å². The summed E-state index contributed by atoms with van der Waals surface area (Å²) >= 11 is 0. The Labute approximate surface area is 232 Å². The smallest absolute Gasteiger partial charge is 0.409 e. The van der Waals surface area contributed by atoms with Crippen LogP contribution in [-0.4, -0.2) is 32.5 Å². The Balaban J connectivity index is 1.59. The van der Waals surface area contributed by atoms with Gasteiger partial charge in [-0.25, -0.2) is 4.79 Å². The standard InChI is InChI=1S/C31H40N2O5Si/c1-31(2,3)39(5,6)38-21-23-16-18-26(28(20-23)37-4)32-29(34)14-10-11-22-15-17-25(24-12-8-7-9-13-24)27(19-22)33-30(35)36/h7-9,12-13,15-20,33H,10-11,14,21H2,1-6H3,(H,32,34)(H,35,36). The fourth-order valence-electron chi connectivity index (χ4n) is 3.91. The number of rotatable bonds is 11. The van der Waals surface area contributed by atoms with Crippen molar-refractivity contribution in [3.8, 4) is 16.9 Å². The van der Waals surface area contributed by atoms with Gasteiger partial charge in [0.1, 0.15) is 5.75 Å². The first-order chi connectivity index (χ1) is 18.4. The predicted molar refractivity (Wildman–Crippen MR) is 160 cm³/mol. The highest BCUT2D eigenvalue weighted by molar-refractivity contribution is 6.74. The van der Waals surface area contributed by atoms with E-state index in [0.717, 1.165) is 22.3 Å². The lowest BCUT2D eigenvalue weighted by Crippen LogP contribution is -2.40. The maximum atomic E-state index is 12.7. The van der Waals surface area contributed by atoms with Gasteiger partial charge in [-0.3, -0.25) is 10.1 Å². The molecule has 7 nitrogen and oxygen atoms in total. The molecule has 0 aliphatic rings. The number of ether oxygens (including phenoxy) is 1. The number of anilines is 2. The molecule has 3 aromatic rings. The lowest BCUT2D eigenvalue weighted by Gasteiger charge is -2.36. The second kappa shape index (κ2) is 13.0. The SMILES string of the molecule is COc1cc(CO[Si](C)(C)C(C)(C)C)ccc1NC(=O)CCCc1ccc(-c2ccccc2)c(NC(=O)O)c1. The summed E-state index contributed by atoms with van der Waals surface area (Å²) in [5.74, 6) is 0.490. The molecule has 0 fully saturated rings. The number of nitrogens with one attached hydrogen (secondary N) is 2. The lowest BCUT2D eigenvalue weighted by molar-refractivity contribution is -0.116. The highest BCUT2D eigenvalue weighted by Crippen LogP contribution is 2.37. The number of hydrogen-bond donors (Lipinski definition) is 3. The molecule has 0 aliphatic heterocycles. The molecular weight excluding hydrogens is 508 g/mol. The predicted octanol–water partition coefficient (Wildman–Crippen LogP) is 7.94. The molecule has 0 aromatic heterocycles. The molecule has 3 rings (SSSR count). The van der Waals surface area contributed by atoms with E-state index in [9.17, 15) is 14.7 Å². The fourth-order valence-corrected chi connectivity index (χ4v) is 4.87. The van der Waals surface area contributed by atoms with Crippen molar-refractivity contribution < 1.29 is 23.9 Å². The van der Waals surface area contributed by atoms with E-state index in [-0.39, 0.29) is 10.9 Å². The molecule has 0 saturated heterocycles. The molecule has 0 heterocycles. The van der Waals surface area contributed by atoms with E-state index >= 15 is 0 Å². The summed E-state index contributed by atoms with van der Waals surface area (Å²) in [5.41, 5.74) is 4.84. The van der Waals surface area contributed by atoms with E-state index in [0.29, 0.717) is 43.0 Å². The van der Waals surface area contributed by atoms with Crippen LogP contribution in [0.5, 0.6) is 5.75 Å². The van der Waals surface area contributed by atoms with Gasteiger partial charge in [0.15, 0.2) is 8.32 Å². The molecule has 0 saturated carbocycles. The van der Waals surface area contributed by atoms with Gasteiger partial charge in [-0.1, -0.05) is 69.3 Å². The van der Waals surface area contributed by atoms with Gasteiger partial charge in [0.05, 0.1) is 25.1 Å². The number of amides is 2. The molecule has 208 valence electrons. The quantitative estimate of drug-likeness (QED) is 0.211. The van der Waals surface area contributed by atoms with E-state index in [1.165, 1.54) is 0 Å². The van der Waals surface area contributed by atoms with Crippen molar-refractivity contribution in [1.29, 1.82) is 0 Å². The number of aryl methyl sites for hydroxylation is 1. The van der Waals surface area contributed by atoms with Crippen LogP contribution < -0.4 is 15.4 Å². The number of carbonyl (C=O) groups excluding carboxylic acids is 1. The van der Waals surface area contributed by atoms with Gasteiger partial charge in [-0.2, -0.15) is 0 Å². The molecule has 0 radical (unpaired) electrons. The Morgan fingerprint density at radius 2 is 1.59 bits per heavy atom. The zero-order valence-electron chi connectivity index (χ0n) is 23.8. The Hall–Kier alpha value is -3.62. The monoisotopic (exact) mass is 548 g/mol. The van der Waals surface area contributed by atoms with Crippen molar-refractivity contribution in [2.45, 2.75) is 64.8 Å². The molecule has 0 aliphatic carbocycles. The fraction of sp³-hybridized carbons (Fsp3) is 0.355. The first-order valence-corrected chi connectivity index (χ1v) is 16.1. The van der Waals surface area contributed by atoms with Gasteiger partial charge >= 0.3 is 6.09 Å². The van der Waals surface area contributed by atoms with Crippen molar-refractivity contribution in [1.82, 2.24) is 0 Å². The molecular formula is C31H40N2O5Si. The van der Waals surface area contributed by atoms with Gasteiger partial charge < -0.3 is 19.6 Å². The summed E-state index contributed by atoms with van der Waals surface area (Å²) in [5, 5.41) is 14.9. The highest BCUT2D eigenvalue weighted by atomic mass is 28.4. The van der Waals surface area contributed by atoms with Gasteiger partial charge in [-0.15, -0.1) is 0 Å². The number of benzene rings is 3. The van der Waals surface area contributed by atoms with Gasteiger partial charge in [0.2, 0.25) is 5.91 Å². The third-order valence-corrected chi connectivity index (χ3v) is 11.7. The maximum absolute atomic E-state index is 12.7. The van der Waals surface area contributed by atoms with Crippen molar-refractivity contribution in [3.05, 3.63) is 77.9 Å². The summed E-state index contributed by atoms with van der Waals surface area (Å²) < 4.78 is 11.9. The van der Waals surface area contributed by atoms with E-state index in [1.54, 1.807) is 7.11 Å². The Kier molecular flexibility index (Phi) is 9.94. The van der Waals surface area contributed by atoms with Gasteiger partial charge in [0.25, 0.3) is 0 Å². The van der Waals surface area contributed by atoms with Crippen LogP contribution in [0.2, 0.25) is 18.1 Å². The lowest BCUT2D eigenvalue weighted by atomic mass is 9.99. The molecule has 0 unspecified atom stereocenters. The van der Waals surface area contributed by atoms with Gasteiger partial charge in [-0.05, 0) is 65.9 Å². The summed E-state index contributed by atoms with van der Waals surface area (Å²) in [6.07, 6.45) is 0.457. The zero-order valence-corrected chi connectivity index (χ0v) is 24.8. The summed E-state index contributed by atoms with van der Waals surface area (Å²) in [4.78, 5) is 24.1. The molecule has 0 bridgehead atoms. The van der Waals surface area contributed by atoms with Crippen LogP contribution >= 0.6 is 0 Å². The minimum atomic E-state index is -1.87. The number of methoxy groups -OCH3 is 1. The number of carboxylic acid groups (broad SMARTS) is 1. The molecule has 0 spiro atoms. The Morgan fingerprint density at radius 3 is 2.23 bits per heavy atom. The van der Waals surface area contributed by atoms with E-state index in [4.69, 9.17) is 9.16 Å². The van der Waals surface area contributed by atoms with Crippen LogP contribution in [0.3, 0.4) is 0 Å². The second-order valence-electron chi connectivity index (χ2n) is 11.2. The molecule has 3 N–H and O–H groups in total. The maximum Gasteiger partial charge on any atom is 0.409 e. The average Bonchev–Trinajstić information content (AvgIpc) is 2.88. The third-order valence-electron chi connectivity index (χ3n) is 7.23. The van der Waals surface area contributed by atoms with Crippen molar-refractivity contribution in [3.63, 3.8) is 0 Å². The van der Waals surface area contributed by atoms with Crippen LogP contribution in [0, 0.1) is 0 Å². The first kappa shape index (κ1) is 29.9. The molecule has 3 aromatic carbocycles. The number of carbonyl (C=O) groups is 2. The molecule has 39 heavy (non-hydrogen) atoms. The molecule has 8 heteroatoms. The molecule has 0 atom stereocenters. The Morgan fingerprint density at radius 1 is 0.897 bits per heavy atom. The van der Waals surface area contributed by atoms with Crippen molar-refractivity contribution >= 4 is 31.7 Å². The van der Waals surface area contributed by atoms with Crippen LogP contribution in [0.15, 0.2) is 66.7 Å². The zero-order chi connectivity index (χ0) is 28.6. The molecule has 2 amide bonds. The average molecular weight is 549 g/mol. The largest absolute Gasteiger partial charge is 0.495 e. The second-order valence-corrected chi connectivity index (χ2v) is 16.0. The minimum absolute atomic E-state index is 0.108. The van der Waals surface area contributed by atoms with E-state index < -0.39 is 14.4 Å². The minimum Gasteiger partial charge on any atom is -0.495 e.